The van der Waals surface area contributed by atoms with Crippen LogP contribution in [0.5, 0.6) is 0 Å². The van der Waals surface area contributed by atoms with Gasteiger partial charge < -0.3 is 4.98 Å². The highest BCUT2D eigenvalue weighted by Gasteiger charge is 1.88. The Kier molecular flexibility index (Phi) is 0.376. The summed E-state index contributed by atoms with van der Waals surface area (Å²) in [5, 5.41) is 0. The van der Waals surface area contributed by atoms with Crippen molar-refractivity contribution in [3.05, 3.63) is 30.5 Å². The molecule has 0 fully saturated rings. The van der Waals surface area contributed by atoms with E-state index in [9.17, 15) is 0 Å². The van der Waals surface area contributed by atoms with Crippen LogP contribution in [0.15, 0.2) is 30.5 Å². The van der Waals surface area contributed by atoms with E-state index in [-0.39, 0.29) is 29.7 Å². The monoisotopic (exact) mass is 122 g/mol. The number of rotatable bonds is 0. The summed E-state index contributed by atoms with van der Waals surface area (Å²) in [6.45, 7) is 0. The van der Waals surface area contributed by atoms with Crippen LogP contribution in [0.1, 0.15) is 5.48 Å². The summed E-state index contributed by atoms with van der Waals surface area (Å²) in [4.78, 5) is 6.49. The molecule has 0 aliphatic rings. The van der Waals surface area contributed by atoms with Crippen molar-refractivity contribution in [1.29, 1.82) is 0 Å². The second-order valence-corrected chi connectivity index (χ2v) is 1.63. The number of para-hydroxylation sites is 2. The van der Waals surface area contributed by atoms with Gasteiger partial charge in [0.25, 0.3) is 0 Å². The topological polar surface area (TPSA) is 28.7 Å². The number of H-pyrrole nitrogens is 1. The lowest BCUT2D eigenvalue weighted by Gasteiger charge is -1.81. The second-order valence-electron chi connectivity index (χ2n) is 1.63. The first kappa shape index (κ1) is 2.14. The Labute approximate surface area is 58.2 Å². The van der Waals surface area contributed by atoms with Crippen LogP contribution in [-0.2, 0) is 0 Å². The van der Waals surface area contributed by atoms with Crippen LogP contribution in [0.25, 0.3) is 11.0 Å². The molecule has 0 amide bonds. The van der Waals surface area contributed by atoms with E-state index in [0.29, 0.717) is 5.52 Å². The van der Waals surface area contributed by atoms with Crippen molar-refractivity contribution >= 4 is 11.0 Å². The summed E-state index contributed by atoms with van der Waals surface area (Å²) in [7, 11) is 0. The predicted molar refractivity (Wildman–Crippen MR) is 36.1 cm³/mol. The third kappa shape index (κ3) is 0.598. The van der Waals surface area contributed by atoms with Crippen LogP contribution in [-0.4, -0.2) is 9.97 Å². The molecule has 2 aromatic rings. The van der Waals surface area contributed by atoms with Crippen LogP contribution in [0, 0.1) is 0 Å². The standard InChI is InChI=1S/C7H6N2/c1-2-4-7-6(3-1)8-5-9-7/h1-5H,(H,8,9)/i1D,2D,3D,4D. The lowest BCUT2D eigenvalue weighted by atomic mass is 10.3. The summed E-state index contributed by atoms with van der Waals surface area (Å²) in [5.74, 6) is 0. The molecule has 0 unspecified atom stereocenters. The summed E-state index contributed by atoms with van der Waals surface area (Å²) in [5.41, 5.74) is 0.636. The van der Waals surface area contributed by atoms with Crippen molar-refractivity contribution in [2.75, 3.05) is 0 Å². The van der Waals surface area contributed by atoms with Gasteiger partial charge in [0.15, 0.2) is 0 Å². The van der Waals surface area contributed by atoms with Gasteiger partial charge in [-0.1, -0.05) is 12.1 Å². The molecule has 2 rings (SSSR count). The molecule has 2 nitrogen and oxygen atoms in total. The number of benzene rings is 1. The van der Waals surface area contributed by atoms with Crippen molar-refractivity contribution in [3.63, 3.8) is 0 Å². The number of aromatic amines is 1. The molecular formula is C7H6N2. The van der Waals surface area contributed by atoms with Gasteiger partial charge in [0, 0.05) is 0 Å². The first-order valence-electron chi connectivity index (χ1n) is 4.52. The molecule has 0 radical (unpaired) electrons. The molecule has 0 aliphatic carbocycles. The molecule has 1 aromatic heterocycles. The largest absolute Gasteiger partial charge is 0.345 e. The Hall–Kier alpha value is -1.31. The van der Waals surface area contributed by atoms with E-state index in [2.05, 4.69) is 9.97 Å². The fraction of sp³-hybridized carbons (Fsp3) is 0. The molecular weight excluding hydrogens is 112 g/mol. The summed E-state index contributed by atoms with van der Waals surface area (Å²) in [6, 6.07) is -0.655. The molecule has 0 saturated heterocycles. The fourth-order valence-electron chi connectivity index (χ4n) is 0.669. The Morgan fingerprint density at radius 2 is 2.33 bits per heavy atom. The lowest BCUT2D eigenvalue weighted by Crippen LogP contribution is -1.63. The fourth-order valence-corrected chi connectivity index (χ4v) is 0.669. The Morgan fingerprint density at radius 1 is 1.44 bits per heavy atom. The van der Waals surface area contributed by atoms with Crippen molar-refractivity contribution in [2.24, 2.45) is 0 Å². The number of nitrogens with zero attached hydrogens (tertiary/aromatic N) is 1. The second kappa shape index (κ2) is 1.58. The summed E-state index contributed by atoms with van der Waals surface area (Å²) in [6.07, 6.45) is 1.36. The first-order valence-corrected chi connectivity index (χ1v) is 2.52. The third-order valence-corrected chi connectivity index (χ3v) is 1.07. The molecule has 1 N–H and O–H groups in total. The Balaban J connectivity index is 3.02. The van der Waals surface area contributed by atoms with Crippen LogP contribution in [0.3, 0.4) is 0 Å². The summed E-state index contributed by atoms with van der Waals surface area (Å²) >= 11 is 0. The van der Waals surface area contributed by atoms with Crippen molar-refractivity contribution in [3.8, 4) is 0 Å². The van der Waals surface area contributed by atoms with E-state index < -0.39 is 0 Å². The predicted octanol–water partition coefficient (Wildman–Crippen LogP) is 1.56. The van der Waals surface area contributed by atoms with Gasteiger partial charge in [-0.15, -0.1) is 0 Å². The van der Waals surface area contributed by atoms with E-state index in [4.69, 9.17) is 5.48 Å². The zero-order valence-corrected chi connectivity index (χ0v) is 4.52. The van der Waals surface area contributed by atoms with Crippen LogP contribution in [0.2, 0.25) is 0 Å². The number of imidazole rings is 1. The number of hydrogen-bond donors (Lipinski definition) is 1. The molecule has 0 atom stereocenters. The maximum atomic E-state index is 7.48. The molecule has 0 bridgehead atoms. The van der Waals surface area contributed by atoms with E-state index in [1.54, 1.807) is 0 Å². The van der Waals surface area contributed by atoms with Crippen molar-refractivity contribution < 1.29 is 5.48 Å². The van der Waals surface area contributed by atoms with E-state index >= 15 is 0 Å². The Bertz CT molecular complexity index is 435. The zero-order chi connectivity index (χ0) is 9.59. The van der Waals surface area contributed by atoms with Gasteiger partial charge >= 0.3 is 0 Å². The third-order valence-electron chi connectivity index (χ3n) is 1.07. The average Bonchev–Trinajstić information content (AvgIpc) is 2.59. The first-order chi connectivity index (χ1) is 6.13. The molecule has 2 heteroatoms. The highest BCUT2D eigenvalue weighted by molar-refractivity contribution is 5.73. The maximum Gasteiger partial charge on any atom is 0.0931 e. The smallest absolute Gasteiger partial charge is 0.0931 e. The molecule has 44 valence electrons. The highest BCUT2D eigenvalue weighted by atomic mass is 14.9. The zero-order valence-electron chi connectivity index (χ0n) is 8.52. The highest BCUT2D eigenvalue weighted by Crippen LogP contribution is 2.05. The van der Waals surface area contributed by atoms with Crippen LogP contribution in [0.4, 0.5) is 0 Å². The normalized spacial score (nSPS) is 16.4. The summed E-state index contributed by atoms with van der Waals surface area (Å²) < 4.78 is 29.7. The van der Waals surface area contributed by atoms with E-state index in [1.807, 2.05) is 0 Å². The van der Waals surface area contributed by atoms with Gasteiger partial charge in [0.1, 0.15) is 0 Å². The number of hydrogen-bond acceptors (Lipinski definition) is 1. The number of fused-ring (bicyclic) bond motifs is 1. The molecule has 9 heavy (non-hydrogen) atoms. The maximum absolute atomic E-state index is 7.48. The molecule has 0 aliphatic heterocycles. The quantitative estimate of drug-likeness (QED) is 0.564. The lowest BCUT2D eigenvalue weighted by molar-refractivity contribution is 1.34. The van der Waals surface area contributed by atoms with Gasteiger partial charge in [-0.3, -0.25) is 0 Å². The van der Waals surface area contributed by atoms with Crippen LogP contribution < -0.4 is 0 Å². The van der Waals surface area contributed by atoms with Gasteiger partial charge in [-0.2, -0.15) is 0 Å². The molecule has 0 spiro atoms. The number of aromatic nitrogens is 2. The van der Waals surface area contributed by atoms with Gasteiger partial charge in [-0.05, 0) is 12.1 Å². The van der Waals surface area contributed by atoms with Crippen LogP contribution >= 0.6 is 0 Å². The van der Waals surface area contributed by atoms with Gasteiger partial charge in [0.2, 0.25) is 0 Å². The number of nitrogens with one attached hydrogen (secondary N) is 1. The molecule has 1 heterocycles. The van der Waals surface area contributed by atoms with Gasteiger partial charge in [0.05, 0.1) is 22.8 Å². The minimum Gasteiger partial charge on any atom is -0.345 e. The Morgan fingerprint density at radius 3 is 3.33 bits per heavy atom. The van der Waals surface area contributed by atoms with E-state index in [0.717, 1.165) is 0 Å². The van der Waals surface area contributed by atoms with E-state index in [1.165, 1.54) is 6.33 Å². The minimum atomic E-state index is -0.246. The SMILES string of the molecule is [2H]c1c([2H])c([2H])c2[nH]cnc2c1[2H]. The van der Waals surface area contributed by atoms with Gasteiger partial charge in [-0.25, -0.2) is 4.98 Å². The van der Waals surface area contributed by atoms with Crippen molar-refractivity contribution in [1.82, 2.24) is 9.97 Å². The molecule has 0 saturated carbocycles. The van der Waals surface area contributed by atoms with Crippen molar-refractivity contribution in [2.45, 2.75) is 0 Å². The average molecular weight is 122 g/mol. The molecule has 1 aromatic carbocycles. The minimum absolute atomic E-state index is 0.0755.